The highest BCUT2D eigenvalue weighted by Gasteiger charge is 2.29. The van der Waals surface area contributed by atoms with Crippen LogP contribution in [-0.4, -0.2) is 26.6 Å². The van der Waals surface area contributed by atoms with Gasteiger partial charge in [0, 0.05) is 12.6 Å². The SMILES string of the molecule is CC(C(=O)NCc1cccc(F)c1)N(c1ccc(F)c(F)c1)S(C)(=O)=O. The molecule has 0 bridgehead atoms. The molecule has 0 saturated heterocycles. The van der Waals surface area contributed by atoms with Crippen LogP contribution in [0.2, 0.25) is 0 Å². The smallest absolute Gasteiger partial charge is 0.243 e. The molecule has 1 atom stereocenters. The molecule has 0 aromatic heterocycles. The molecule has 0 spiro atoms. The molecule has 2 aromatic carbocycles. The van der Waals surface area contributed by atoms with Gasteiger partial charge in [0.2, 0.25) is 15.9 Å². The quantitative estimate of drug-likeness (QED) is 0.830. The van der Waals surface area contributed by atoms with E-state index in [9.17, 15) is 26.4 Å². The van der Waals surface area contributed by atoms with E-state index in [1.54, 1.807) is 6.07 Å². The van der Waals surface area contributed by atoms with Gasteiger partial charge in [0.25, 0.3) is 0 Å². The van der Waals surface area contributed by atoms with E-state index < -0.39 is 39.4 Å². The average molecular weight is 386 g/mol. The topological polar surface area (TPSA) is 66.5 Å². The number of carbonyl (C=O) groups excluding carboxylic acids is 1. The second kappa shape index (κ2) is 7.77. The molecule has 1 amide bonds. The summed E-state index contributed by atoms with van der Waals surface area (Å²) >= 11 is 0. The fraction of sp³-hybridized carbons (Fsp3) is 0.235. The van der Waals surface area contributed by atoms with Crippen molar-refractivity contribution in [3.05, 3.63) is 65.5 Å². The Hall–Kier alpha value is -2.55. The highest BCUT2D eigenvalue weighted by atomic mass is 32.2. The number of rotatable bonds is 6. The normalized spacial score (nSPS) is 12.5. The molecule has 0 aliphatic heterocycles. The summed E-state index contributed by atoms with van der Waals surface area (Å²) in [7, 11) is -3.96. The summed E-state index contributed by atoms with van der Waals surface area (Å²) in [5.74, 6) is -3.51. The molecule has 140 valence electrons. The van der Waals surface area contributed by atoms with E-state index in [-0.39, 0.29) is 12.2 Å². The number of amides is 1. The van der Waals surface area contributed by atoms with Crippen LogP contribution in [0.15, 0.2) is 42.5 Å². The Labute approximate surface area is 149 Å². The number of benzene rings is 2. The van der Waals surface area contributed by atoms with Crippen molar-refractivity contribution in [2.75, 3.05) is 10.6 Å². The zero-order chi connectivity index (χ0) is 19.5. The van der Waals surface area contributed by atoms with Crippen molar-refractivity contribution in [1.29, 1.82) is 0 Å². The number of anilines is 1. The van der Waals surface area contributed by atoms with Crippen LogP contribution in [0.4, 0.5) is 18.9 Å². The molecular formula is C17H17F3N2O3S. The second-order valence-corrected chi connectivity index (χ2v) is 7.54. The van der Waals surface area contributed by atoms with Gasteiger partial charge < -0.3 is 5.32 Å². The molecule has 2 aromatic rings. The summed E-state index contributed by atoms with van der Waals surface area (Å²) in [5, 5.41) is 2.49. The number of sulfonamides is 1. The zero-order valence-electron chi connectivity index (χ0n) is 14.0. The first-order valence-electron chi connectivity index (χ1n) is 7.56. The lowest BCUT2D eigenvalue weighted by Gasteiger charge is -2.28. The van der Waals surface area contributed by atoms with E-state index in [4.69, 9.17) is 0 Å². The van der Waals surface area contributed by atoms with E-state index in [0.29, 0.717) is 15.9 Å². The van der Waals surface area contributed by atoms with Crippen molar-refractivity contribution in [2.45, 2.75) is 19.5 Å². The number of hydrogen-bond donors (Lipinski definition) is 1. The summed E-state index contributed by atoms with van der Waals surface area (Å²) in [4.78, 5) is 12.3. The number of nitrogens with one attached hydrogen (secondary N) is 1. The molecule has 0 aliphatic rings. The summed E-state index contributed by atoms with van der Waals surface area (Å²) in [5.41, 5.74) is 0.309. The van der Waals surface area contributed by atoms with E-state index in [1.165, 1.54) is 25.1 Å². The molecule has 0 saturated carbocycles. The molecule has 2 rings (SSSR count). The first kappa shape index (κ1) is 19.8. The number of carbonyl (C=O) groups is 1. The van der Waals surface area contributed by atoms with E-state index in [1.807, 2.05) is 0 Å². The van der Waals surface area contributed by atoms with Gasteiger partial charge in [-0.2, -0.15) is 0 Å². The van der Waals surface area contributed by atoms with Crippen LogP contribution in [0.3, 0.4) is 0 Å². The van der Waals surface area contributed by atoms with Crippen LogP contribution in [0.5, 0.6) is 0 Å². The highest BCUT2D eigenvalue weighted by molar-refractivity contribution is 7.92. The maximum absolute atomic E-state index is 13.5. The lowest BCUT2D eigenvalue weighted by molar-refractivity contribution is -0.122. The van der Waals surface area contributed by atoms with Crippen molar-refractivity contribution < 1.29 is 26.4 Å². The highest BCUT2D eigenvalue weighted by Crippen LogP contribution is 2.23. The van der Waals surface area contributed by atoms with Gasteiger partial charge in [0.05, 0.1) is 11.9 Å². The molecule has 1 unspecified atom stereocenters. The fourth-order valence-electron chi connectivity index (χ4n) is 2.41. The standard InChI is InChI=1S/C17H17F3N2O3S/c1-11(17(23)21-10-12-4-3-5-13(18)8-12)22(26(2,24)25)14-6-7-15(19)16(20)9-14/h3-9,11H,10H2,1-2H3,(H,21,23). The maximum atomic E-state index is 13.5. The van der Waals surface area contributed by atoms with Crippen LogP contribution in [-0.2, 0) is 21.4 Å². The summed E-state index contributed by atoms with van der Waals surface area (Å²) in [6.07, 6.45) is 0.852. The summed E-state index contributed by atoms with van der Waals surface area (Å²) in [6.45, 7) is 1.29. The van der Waals surface area contributed by atoms with Gasteiger partial charge in [-0.25, -0.2) is 21.6 Å². The number of halogens is 3. The summed E-state index contributed by atoms with van der Waals surface area (Å²) < 4.78 is 64.6. The van der Waals surface area contributed by atoms with Gasteiger partial charge in [0.15, 0.2) is 11.6 Å². The van der Waals surface area contributed by atoms with Crippen molar-refractivity contribution in [2.24, 2.45) is 0 Å². The van der Waals surface area contributed by atoms with Crippen molar-refractivity contribution in [3.63, 3.8) is 0 Å². The van der Waals surface area contributed by atoms with E-state index in [0.717, 1.165) is 18.4 Å². The monoisotopic (exact) mass is 386 g/mol. The Morgan fingerprint density at radius 1 is 1.12 bits per heavy atom. The molecule has 0 heterocycles. The van der Waals surface area contributed by atoms with Gasteiger partial charge in [-0.15, -0.1) is 0 Å². The molecular weight excluding hydrogens is 369 g/mol. The van der Waals surface area contributed by atoms with Crippen LogP contribution in [0.25, 0.3) is 0 Å². The Kier molecular flexibility index (Phi) is 5.91. The Bertz CT molecular complexity index is 919. The minimum atomic E-state index is -3.96. The second-order valence-electron chi connectivity index (χ2n) is 5.68. The molecule has 0 aliphatic carbocycles. The van der Waals surface area contributed by atoms with Gasteiger partial charge >= 0.3 is 0 Å². The van der Waals surface area contributed by atoms with E-state index >= 15 is 0 Å². The van der Waals surface area contributed by atoms with Crippen molar-refractivity contribution in [1.82, 2.24) is 5.32 Å². The predicted octanol–water partition coefficient (Wildman–Crippen LogP) is 2.57. The maximum Gasteiger partial charge on any atom is 0.243 e. The molecule has 26 heavy (non-hydrogen) atoms. The Morgan fingerprint density at radius 2 is 1.81 bits per heavy atom. The summed E-state index contributed by atoms with van der Waals surface area (Å²) in [6, 6.07) is 6.87. The van der Waals surface area contributed by atoms with Crippen molar-refractivity contribution >= 4 is 21.6 Å². The minimum Gasteiger partial charge on any atom is -0.350 e. The van der Waals surface area contributed by atoms with E-state index in [2.05, 4.69) is 5.32 Å². The third kappa shape index (κ3) is 4.75. The van der Waals surface area contributed by atoms with Crippen LogP contribution in [0, 0.1) is 17.5 Å². The molecule has 5 nitrogen and oxygen atoms in total. The third-order valence-corrected chi connectivity index (χ3v) is 4.84. The van der Waals surface area contributed by atoms with Crippen LogP contribution >= 0.6 is 0 Å². The van der Waals surface area contributed by atoms with Crippen LogP contribution < -0.4 is 9.62 Å². The van der Waals surface area contributed by atoms with Crippen molar-refractivity contribution in [3.8, 4) is 0 Å². The number of nitrogens with zero attached hydrogens (tertiary/aromatic N) is 1. The molecule has 0 radical (unpaired) electrons. The fourth-order valence-corrected chi connectivity index (χ4v) is 3.58. The lowest BCUT2D eigenvalue weighted by Crippen LogP contribution is -2.47. The van der Waals surface area contributed by atoms with Gasteiger partial charge in [-0.1, -0.05) is 12.1 Å². The first-order valence-corrected chi connectivity index (χ1v) is 9.41. The first-order chi connectivity index (χ1) is 12.1. The lowest BCUT2D eigenvalue weighted by atomic mass is 10.2. The third-order valence-electron chi connectivity index (χ3n) is 3.60. The number of hydrogen-bond acceptors (Lipinski definition) is 3. The predicted molar refractivity (Wildman–Crippen MR) is 91.4 cm³/mol. The van der Waals surface area contributed by atoms with Gasteiger partial charge in [0.1, 0.15) is 11.9 Å². The molecule has 9 heteroatoms. The van der Waals surface area contributed by atoms with Crippen LogP contribution in [0.1, 0.15) is 12.5 Å². The Morgan fingerprint density at radius 3 is 2.38 bits per heavy atom. The minimum absolute atomic E-state index is 0.0175. The average Bonchev–Trinajstić information content (AvgIpc) is 2.55. The zero-order valence-corrected chi connectivity index (χ0v) is 14.9. The largest absolute Gasteiger partial charge is 0.350 e. The van der Waals surface area contributed by atoms with Gasteiger partial charge in [-0.3, -0.25) is 9.10 Å². The van der Waals surface area contributed by atoms with Gasteiger partial charge in [-0.05, 0) is 36.8 Å². The molecule has 0 fully saturated rings. The Balaban J connectivity index is 2.22. The molecule has 1 N–H and O–H groups in total.